The van der Waals surface area contributed by atoms with Gasteiger partial charge in [-0.15, -0.1) is 0 Å². The summed E-state index contributed by atoms with van der Waals surface area (Å²) in [4.78, 5) is 2.39. The van der Waals surface area contributed by atoms with Crippen LogP contribution in [0, 0.1) is 0 Å². The number of ether oxygens (including phenoxy) is 1. The fourth-order valence-corrected chi connectivity index (χ4v) is 1.96. The summed E-state index contributed by atoms with van der Waals surface area (Å²) in [6.07, 6.45) is 5.60. The maximum atomic E-state index is 5.71. The molecule has 0 saturated carbocycles. The van der Waals surface area contributed by atoms with Crippen molar-refractivity contribution in [1.82, 2.24) is 10.2 Å². The molecule has 1 N–H and O–H groups in total. The average Bonchev–Trinajstić information content (AvgIpc) is 2.28. The van der Waals surface area contributed by atoms with Crippen LogP contribution in [0.4, 0.5) is 0 Å². The molecule has 1 saturated heterocycles. The van der Waals surface area contributed by atoms with E-state index in [1.54, 1.807) is 0 Å². The monoisotopic (exact) mass is 214 g/mol. The van der Waals surface area contributed by atoms with Gasteiger partial charge in [0, 0.05) is 26.2 Å². The van der Waals surface area contributed by atoms with Crippen LogP contribution >= 0.6 is 0 Å². The van der Waals surface area contributed by atoms with Crippen LogP contribution in [-0.2, 0) is 4.74 Å². The second-order valence-electron chi connectivity index (χ2n) is 4.43. The maximum Gasteiger partial charge on any atom is 0.0587 e. The second-order valence-corrected chi connectivity index (χ2v) is 4.43. The van der Waals surface area contributed by atoms with Crippen molar-refractivity contribution in [2.75, 3.05) is 39.8 Å². The lowest BCUT2D eigenvalue weighted by Crippen LogP contribution is -2.32. The van der Waals surface area contributed by atoms with Crippen molar-refractivity contribution in [2.45, 2.75) is 38.7 Å². The Morgan fingerprint density at radius 1 is 1.33 bits per heavy atom. The minimum absolute atomic E-state index is 0.528. The Hall–Kier alpha value is -0.120. The van der Waals surface area contributed by atoms with Gasteiger partial charge < -0.3 is 15.0 Å². The fraction of sp³-hybridized carbons (Fsp3) is 1.00. The largest absolute Gasteiger partial charge is 0.378 e. The van der Waals surface area contributed by atoms with Crippen molar-refractivity contribution in [1.29, 1.82) is 0 Å². The molecule has 3 nitrogen and oxygen atoms in total. The van der Waals surface area contributed by atoms with E-state index in [0.717, 1.165) is 32.8 Å². The van der Waals surface area contributed by atoms with E-state index in [4.69, 9.17) is 4.74 Å². The molecule has 1 unspecified atom stereocenters. The van der Waals surface area contributed by atoms with Crippen LogP contribution in [0.2, 0.25) is 0 Å². The van der Waals surface area contributed by atoms with Gasteiger partial charge in [-0.3, -0.25) is 0 Å². The minimum Gasteiger partial charge on any atom is -0.378 e. The zero-order valence-corrected chi connectivity index (χ0v) is 10.3. The van der Waals surface area contributed by atoms with Gasteiger partial charge in [-0.25, -0.2) is 0 Å². The number of rotatable bonds is 7. The topological polar surface area (TPSA) is 24.5 Å². The Morgan fingerprint density at radius 3 is 2.87 bits per heavy atom. The number of likely N-dealkylation sites (N-methyl/N-ethyl adjacent to an activating group) is 2. The second kappa shape index (κ2) is 8.08. The van der Waals surface area contributed by atoms with Gasteiger partial charge in [-0.2, -0.15) is 0 Å². The van der Waals surface area contributed by atoms with Gasteiger partial charge in [-0.05, 0) is 39.3 Å². The van der Waals surface area contributed by atoms with Crippen LogP contribution in [0.1, 0.15) is 32.6 Å². The third kappa shape index (κ3) is 6.13. The third-order valence-electron chi connectivity index (χ3n) is 3.03. The fourth-order valence-electron chi connectivity index (χ4n) is 1.96. The molecule has 1 aliphatic heterocycles. The highest BCUT2D eigenvalue weighted by molar-refractivity contribution is 4.66. The highest BCUT2D eigenvalue weighted by Gasteiger charge is 2.13. The lowest BCUT2D eigenvalue weighted by Gasteiger charge is -2.25. The standard InChI is InChI=1S/C12H26N2O/c1-3-13-8-10-14(2)9-7-12-6-4-5-11-15-12/h12-13H,3-11H2,1-2H3. The van der Waals surface area contributed by atoms with Crippen molar-refractivity contribution >= 4 is 0 Å². The van der Waals surface area contributed by atoms with Gasteiger partial charge in [0.05, 0.1) is 6.10 Å². The number of hydrogen-bond acceptors (Lipinski definition) is 3. The Morgan fingerprint density at radius 2 is 2.20 bits per heavy atom. The molecule has 1 aliphatic rings. The van der Waals surface area contributed by atoms with Crippen molar-refractivity contribution < 1.29 is 4.74 Å². The molecule has 0 aromatic rings. The van der Waals surface area contributed by atoms with Gasteiger partial charge in [0.2, 0.25) is 0 Å². The molecule has 0 amide bonds. The molecular weight excluding hydrogens is 188 g/mol. The van der Waals surface area contributed by atoms with Crippen molar-refractivity contribution in [3.05, 3.63) is 0 Å². The zero-order chi connectivity index (χ0) is 10.9. The first-order valence-electron chi connectivity index (χ1n) is 6.33. The van der Waals surface area contributed by atoms with E-state index in [1.807, 2.05) is 0 Å². The lowest BCUT2D eigenvalue weighted by atomic mass is 10.1. The summed E-state index contributed by atoms with van der Waals surface area (Å²) >= 11 is 0. The molecule has 0 radical (unpaired) electrons. The number of nitrogens with zero attached hydrogens (tertiary/aromatic N) is 1. The SMILES string of the molecule is CCNCCN(C)CCC1CCCCO1. The van der Waals surface area contributed by atoms with Crippen LogP contribution in [0.15, 0.2) is 0 Å². The Balaban J connectivity index is 1.97. The van der Waals surface area contributed by atoms with Gasteiger partial charge in [0.15, 0.2) is 0 Å². The van der Waals surface area contributed by atoms with Gasteiger partial charge in [0.25, 0.3) is 0 Å². The highest BCUT2D eigenvalue weighted by Crippen LogP contribution is 2.15. The molecule has 0 spiro atoms. The first-order chi connectivity index (χ1) is 7.33. The molecule has 0 aromatic heterocycles. The van der Waals surface area contributed by atoms with Gasteiger partial charge in [0.1, 0.15) is 0 Å². The minimum atomic E-state index is 0.528. The molecule has 0 aliphatic carbocycles. The lowest BCUT2D eigenvalue weighted by molar-refractivity contribution is 0.00681. The first kappa shape index (κ1) is 12.9. The smallest absolute Gasteiger partial charge is 0.0587 e. The highest BCUT2D eigenvalue weighted by atomic mass is 16.5. The van der Waals surface area contributed by atoms with E-state index in [-0.39, 0.29) is 0 Å². The molecule has 1 atom stereocenters. The van der Waals surface area contributed by atoms with E-state index in [1.165, 1.54) is 25.7 Å². The molecule has 1 rings (SSSR count). The molecule has 0 bridgehead atoms. The molecule has 1 heterocycles. The van der Waals surface area contributed by atoms with Crippen LogP contribution in [-0.4, -0.2) is 50.8 Å². The summed E-state index contributed by atoms with van der Waals surface area (Å²) in [7, 11) is 2.19. The van der Waals surface area contributed by atoms with Crippen LogP contribution < -0.4 is 5.32 Å². The predicted octanol–water partition coefficient (Wildman–Crippen LogP) is 1.49. The summed E-state index contributed by atoms with van der Waals surface area (Å²) in [6, 6.07) is 0. The quantitative estimate of drug-likeness (QED) is 0.650. The Bertz CT molecular complexity index is 147. The predicted molar refractivity (Wildman–Crippen MR) is 64.2 cm³/mol. The Labute approximate surface area is 94.2 Å². The van der Waals surface area contributed by atoms with Crippen LogP contribution in [0.25, 0.3) is 0 Å². The molecule has 3 heteroatoms. The summed E-state index contributed by atoms with van der Waals surface area (Å²) in [5.41, 5.74) is 0. The summed E-state index contributed by atoms with van der Waals surface area (Å²) in [5, 5.41) is 3.34. The average molecular weight is 214 g/mol. The van der Waals surface area contributed by atoms with Crippen LogP contribution in [0.3, 0.4) is 0 Å². The van der Waals surface area contributed by atoms with E-state index in [2.05, 4.69) is 24.2 Å². The molecule has 15 heavy (non-hydrogen) atoms. The number of hydrogen-bond donors (Lipinski definition) is 1. The molecular formula is C12H26N2O. The van der Waals surface area contributed by atoms with E-state index in [0.29, 0.717) is 6.10 Å². The summed E-state index contributed by atoms with van der Waals surface area (Å²) in [6.45, 7) is 7.59. The normalized spacial score (nSPS) is 22.2. The molecule has 1 fully saturated rings. The van der Waals surface area contributed by atoms with Crippen molar-refractivity contribution in [3.63, 3.8) is 0 Å². The van der Waals surface area contributed by atoms with E-state index in [9.17, 15) is 0 Å². The number of nitrogens with one attached hydrogen (secondary N) is 1. The van der Waals surface area contributed by atoms with E-state index >= 15 is 0 Å². The molecule has 0 aromatic carbocycles. The molecule has 90 valence electrons. The van der Waals surface area contributed by atoms with Crippen molar-refractivity contribution in [3.8, 4) is 0 Å². The third-order valence-corrected chi connectivity index (χ3v) is 3.03. The van der Waals surface area contributed by atoms with Crippen molar-refractivity contribution in [2.24, 2.45) is 0 Å². The Kier molecular flexibility index (Phi) is 6.98. The van der Waals surface area contributed by atoms with Gasteiger partial charge >= 0.3 is 0 Å². The van der Waals surface area contributed by atoms with E-state index < -0.39 is 0 Å². The van der Waals surface area contributed by atoms with Crippen LogP contribution in [0.5, 0.6) is 0 Å². The summed E-state index contributed by atoms with van der Waals surface area (Å²) < 4.78 is 5.71. The van der Waals surface area contributed by atoms with Gasteiger partial charge in [-0.1, -0.05) is 6.92 Å². The summed E-state index contributed by atoms with van der Waals surface area (Å²) in [5.74, 6) is 0. The zero-order valence-electron chi connectivity index (χ0n) is 10.3. The maximum absolute atomic E-state index is 5.71. The first-order valence-corrected chi connectivity index (χ1v) is 6.33.